The normalized spacial score (nSPS) is 22.3. The van der Waals surface area contributed by atoms with Crippen LogP contribution in [0.2, 0.25) is 0 Å². The molecule has 0 saturated carbocycles. The van der Waals surface area contributed by atoms with Crippen molar-refractivity contribution in [3.8, 4) is 5.75 Å². The summed E-state index contributed by atoms with van der Waals surface area (Å²) in [7, 11) is 1.73. The SMILES string of the molecule is COc1ccccc1N1CCC(CCO)CC1(C)C. The molecule has 1 aromatic carbocycles. The Labute approximate surface area is 116 Å². The molecule has 1 aliphatic rings. The molecule has 1 saturated heterocycles. The minimum atomic E-state index is 0.104. The second kappa shape index (κ2) is 5.83. The zero-order chi connectivity index (χ0) is 13.9. The fraction of sp³-hybridized carbons (Fsp3) is 0.625. The van der Waals surface area contributed by atoms with Crippen molar-refractivity contribution in [3.63, 3.8) is 0 Å². The van der Waals surface area contributed by atoms with Gasteiger partial charge in [-0.05, 0) is 51.2 Å². The topological polar surface area (TPSA) is 32.7 Å². The maximum atomic E-state index is 9.12. The Morgan fingerprint density at radius 3 is 2.74 bits per heavy atom. The van der Waals surface area contributed by atoms with Gasteiger partial charge in [0.15, 0.2) is 0 Å². The van der Waals surface area contributed by atoms with Gasteiger partial charge in [-0.3, -0.25) is 0 Å². The molecule has 0 aliphatic carbocycles. The summed E-state index contributed by atoms with van der Waals surface area (Å²) in [6, 6.07) is 8.22. The lowest BCUT2D eigenvalue weighted by Crippen LogP contribution is -2.50. The standard InChI is InChI=1S/C16H25NO2/c1-16(2)12-13(9-11-18)8-10-17(16)14-6-4-5-7-15(14)19-3/h4-7,13,18H,8-12H2,1-3H3. The van der Waals surface area contributed by atoms with Crippen molar-refractivity contribution in [1.82, 2.24) is 0 Å². The highest BCUT2D eigenvalue weighted by atomic mass is 16.5. The van der Waals surface area contributed by atoms with Gasteiger partial charge in [-0.2, -0.15) is 0 Å². The fourth-order valence-corrected chi connectivity index (χ4v) is 3.26. The van der Waals surface area contributed by atoms with Gasteiger partial charge < -0.3 is 14.7 Å². The predicted octanol–water partition coefficient (Wildman–Crippen LogP) is 3.07. The van der Waals surface area contributed by atoms with E-state index in [1.807, 2.05) is 12.1 Å². The molecule has 0 aromatic heterocycles. The first-order valence-corrected chi connectivity index (χ1v) is 7.10. The second-order valence-electron chi connectivity index (χ2n) is 6.01. The van der Waals surface area contributed by atoms with Gasteiger partial charge in [0.25, 0.3) is 0 Å². The Morgan fingerprint density at radius 1 is 1.37 bits per heavy atom. The van der Waals surface area contributed by atoms with E-state index in [9.17, 15) is 0 Å². The third-order valence-electron chi connectivity index (χ3n) is 4.19. The average molecular weight is 263 g/mol. The molecule has 0 amide bonds. The van der Waals surface area contributed by atoms with Crippen LogP contribution in [-0.2, 0) is 0 Å². The van der Waals surface area contributed by atoms with Crippen LogP contribution in [0, 0.1) is 5.92 Å². The Kier molecular flexibility index (Phi) is 4.35. The number of aliphatic hydroxyl groups excluding tert-OH is 1. The average Bonchev–Trinajstić information content (AvgIpc) is 2.38. The number of hydrogen-bond acceptors (Lipinski definition) is 3. The molecule has 0 bridgehead atoms. The quantitative estimate of drug-likeness (QED) is 0.906. The van der Waals surface area contributed by atoms with Crippen LogP contribution in [0.5, 0.6) is 5.75 Å². The lowest BCUT2D eigenvalue weighted by atomic mass is 9.81. The van der Waals surface area contributed by atoms with Crippen molar-refractivity contribution in [3.05, 3.63) is 24.3 Å². The molecule has 1 aromatic rings. The lowest BCUT2D eigenvalue weighted by molar-refractivity contribution is 0.204. The molecule has 1 unspecified atom stereocenters. The van der Waals surface area contributed by atoms with Crippen LogP contribution in [0.1, 0.15) is 33.1 Å². The smallest absolute Gasteiger partial charge is 0.142 e. The summed E-state index contributed by atoms with van der Waals surface area (Å²) < 4.78 is 5.48. The zero-order valence-electron chi connectivity index (χ0n) is 12.2. The second-order valence-corrected chi connectivity index (χ2v) is 6.01. The maximum absolute atomic E-state index is 9.12. The number of methoxy groups -OCH3 is 1. The minimum absolute atomic E-state index is 0.104. The molecule has 1 fully saturated rings. The van der Waals surface area contributed by atoms with Crippen LogP contribution < -0.4 is 9.64 Å². The zero-order valence-corrected chi connectivity index (χ0v) is 12.2. The fourth-order valence-electron chi connectivity index (χ4n) is 3.26. The number of benzene rings is 1. The predicted molar refractivity (Wildman–Crippen MR) is 78.8 cm³/mol. The van der Waals surface area contributed by atoms with Gasteiger partial charge in [-0.25, -0.2) is 0 Å². The van der Waals surface area contributed by atoms with Crippen LogP contribution >= 0.6 is 0 Å². The molecular weight excluding hydrogens is 238 g/mol. The van der Waals surface area contributed by atoms with E-state index in [2.05, 4.69) is 30.9 Å². The van der Waals surface area contributed by atoms with Crippen LogP contribution in [0.15, 0.2) is 24.3 Å². The van der Waals surface area contributed by atoms with Gasteiger partial charge >= 0.3 is 0 Å². The highest BCUT2D eigenvalue weighted by molar-refractivity contribution is 5.60. The molecule has 0 spiro atoms. The van der Waals surface area contributed by atoms with Gasteiger partial charge in [-0.15, -0.1) is 0 Å². The third kappa shape index (κ3) is 3.03. The van der Waals surface area contributed by atoms with Gasteiger partial charge in [0, 0.05) is 18.7 Å². The Hall–Kier alpha value is -1.22. The van der Waals surface area contributed by atoms with Crippen LogP contribution in [-0.4, -0.2) is 30.9 Å². The summed E-state index contributed by atoms with van der Waals surface area (Å²) in [4.78, 5) is 2.44. The van der Waals surface area contributed by atoms with Crippen LogP contribution in [0.25, 0.3) is 0 Å². The van der Waals surface area contributed by atoms with Crippen molar-refractivity contribution in [2.75, 3.05) is 25.2 Å². The minimum Gasteiger partial charge on any atom is -0.495 e. The molecule has 106 valence electrons. The van der Waals surface area contributed by atoms with Gasteiger partial charge in [0.2, 0.25) is 0 Å². The number of nitrogens with zero attached hydrogens (tertiary/aromatic N) is 1. The van der Waals surface area contributed by atoms with E-state index >= 15 is 0 Å². The summed E-state index contributed by atoms with van der Waals surface area (Å²) in [6.07, 6.45) is 3.18. The van der Waals surface area contributed by atoms with E-state index in [0.29, 0.717) is 12.5 Å². The number of piperidine rings is 1. The number of ether oxygens (including phenoxy) is 1. The lowest BCUT2D eigenvalue weighted by Gasteiger charge is -2.47. The number of para-hydroxylation sites is 2. The molecular formula is C16H25NO2. The summed E-state index contributed by atoms with van der Waals surface area (Å²) in [5, 5.41) is 9.12. The number of hydrogen-bond donors (Lipinski definition) is 1. The monoisotopic (exact) mass is 263 g/mol. The van der Waals surface area contributed by atoms with E-state index in [0.717, 1.165) is 31.6 Å². The maximum Gasteiger partial charge on any atom is 0.142 e. The van der Waals surface area contributed by atoms with Crippen molar-refractivity contribution in [1.29, 1.82) is 0 Å². The molecule has 19 heavy (non-hydrogen) atoms. The molecule has 2 rings (SSSR count). The van der Waals surface area contributed by atoms with Crippen molar-refractivity contribution in [2.24, 2.45) is 5.92 Å². The van der Waals surface area contributed by atoms with Crippen molar-refractivity contribution >= 4 is 5.69 Å². The largest absolute Gasteiger partial charge is 0.495 e. The molecule has 3 heteroatoms. The van der Waals surface area contributed by atoms with E-state index in [1.165, 1.54) is 5.69 Å². The van der Waals surface area contributed by atoms with E-state index in [1.54, 1.807) is 7.11 Å². The summed E-state index contributed by atoms with van der Waals surface area (Å²) in [6.45, 7) is 5.89. The van der Waals surface area contributed by atoms with Gasteiger partial charge in [0.05, 0.1) is 12.8 Å². The van der Waals surface area contributed by atoms with Crippen molar-refractivity contribution in [2.45, 2.75) is 38.6 Å². The van der Waals surface area contributed by atoms with Gasteiger partial charge in [0.1, 0.15) is 5.75 Å². The number of rotatable bonds is 4. The molecule has 1 heterocycles. The van der Waals surface area contributed by atoms with E-state index < -0.39 is 0 Å². The summed E-state index contributed by atoms with van der Waals surface area (Å²) >= 11 is 0. The van der Waals surface area contributed by atoms with Crippen molar-refractivity contribution < 1.29 is 9.84 Å². The summed E-state index contributed by atoms with van der Waals surface area (Å²) in [5.74, 6) is 1.57. The molecule has 3 nitrogen and oxygen atoms in total. The Bertz CT molecular complexity index is 417. The first kappa shape index (κ1) is 14.2. The number of aliphatic hydroxyl groups is 1. The van der Waals surface area contributed by atoms with E-state index in [4.69, 9.17) is 9.84 Å². The van der Waals surface area contributed by atoms with E-state index in [-0.39, 0.29) is 5.54 Å². The number of anilines is 1. The highest BCUT2D eigenvalue weighted by Crippen LogP contribution is 2.40. The molecule has 1 atom stereocenters. The Morgan fingerprint density at radius 2 is 2.11 bits per heavy atom. The van der Waals surface area contributed by atoms with Crippen LogP contribution in [0.4, 0.5) is 5.69 Å². The summed E-state index contributed by atoms with van der Waals surface area (Å²) in [5.41, 5.74) is 1.28. The Balaban J connectivity index is 2.21. The highest BCUT2D eigenvalue weighted by Gasteiger charge is 2.35. The first-order valence-electron chi connectivity index (χ1n) is 7.10. The van der Waals surface area contributed by atoms with Gasteiger partial charge in [-0.1, -0.05) is 12.1 Å². The molecule has 1 aliphatic heterocycles. The first-order chi connectivity index (χ1) is 9.08. The molecule has 0 radical (unpaired) electrons. The molecule has 1 N–H and O–H groups in total. The third-order valence-corrected chi connectivity index (χ3v) is 4.19. The van der Waals surface area contributed by atoms with Crippen LogP contribution in [0.3, 0.4) is 0 Å².